The average molecular weight is 426 g/mol. The highest BCUT2D eigenvalue weighted by atomic mass is 16.7. The molecule has 0 aliphatic carbocycles. The van der Waals surface area contributed by atoms with Crippen molar-refractivity contribution in [1.82, 2.24) is 10.2 Å². The van der Waals surface area contributed by atoms with E-state index in [1.54, 1.807) is 7.11 Å². The molecule has 31 heavy (non-hydrogen) atoms. The molecule has 0 saturated carbocycles. The summed E-state index contributed by atoms with van der Waals surface area (Å²) < 4.78 is 16.3. The van der Waals surface area contributed by atoms with Crippen molar-refractivity contribution in [3.05, 3.63) is 48.0 Å². The fourth-order valence-electron chi connectivity index (χ4n) is 4.06. The summed E-state index contributed by atoms with van der Waals surface area (Å²) >= 11 is 0. The van der Waals surface area contributed by atoms with Crippen molar-refractivity contribution < 1.29 is 19.0 Å². The standard InChI is InChI=1S/C24H31N3O4/c1-17(2)24(28)25-15-21(18-4-9-22-23(14-18)31-16-30-22)27-12-10-26(11-13-27)19-5-7-20(29-3)8-6-19/h4-9,14,17,21H,10-13,15-16H2,1-3H3,(H,25,28)/t21-/m1/s1. The highest BCUT2D eigenvalue weighted by Gasteiger charge is 2.27. The number of fused-ring (bicyclic) bond motifs is 1. The van der Waals surface area contributed by atoms with Crippen molar-refractivity contribution in [3.8, 4) is 17.2 Å². The number of methoxy groups -OCH3 is 1. The number of nitrogens with zero attached hydrogens (tertiary/aromatic N) is 2. The molecule has 0 aromatic heterocycles. The van der Waals surface area contributed by atoms with E-state index in [9.17, 15) is 4.79 Å². The molecule has 1 fully saturated rings. The number of ether oxygens (including phenoxy) is 3. The second-order valence-corrected chi connectivity index (χ2v) is 8.25. The predicted molar refractivity (Wildman–Crippen MR) is 120 cm³/mol. The third kappa shape index (κ3) is 4.88. The number of hydrogen-bond acceptors (Lipinski definition) is 6. The van der Waals surface area contributed by atoms with Crippen LogP contribution in [0.15, 0.2) is 42.5 Å². The van der Waals surface area contributed by atoms with Gasteiger partial charge in [-0.25, -0.2) is 0 Å². The van der Waals surface area contributed by atoms with Crippen LogP contribution in [0.1, 0.15) is 25.5 Å². The first-order valence-corrected chi connectivity index (χ1v) is 10.9. The summed E-state index contributed by atoms with van der Waals surface area (Å²) in [6.07, 6.45) is 0. The zero-order chi connectivity index (χ0) is 21.8. The molecule has 1 atom stereocenters. The summed E-state index contributed by atoms with van der Waals surface area (Å²) in [4.78, 5) is 17.1. The number of amides is 1. The first kappa shape index (κ1) is 21.3. The third-order valence-corrected chi connectivity index (χ3v) is 5.97. The monoisotopic (exact) mass is 425 g/mol. The van der Waals surface area contributed by atoms with E-state index in [0.717, 1.165) is 49.0 Å². The van der Waals surface area contributed by atoms with Gasteiger partial charge in [0, 0.05) is 44.3 Å². The van der Waals surface area contributed by atoms with Gasteiger partial charge in [0.25, 0.3) is 0 Å². The van der Waals surface area contributed by atoms with Gasteiger partial charge in [-0.1, -0.05) is 19.9 Å². The van der Waals surface area contributed by atoms with Crippen molar-refractivity contribution in [3.63, 3.8) is 0 Å². The molecule has 1 N–H and O–H groups in total. The van der Waals surface area contributed by atoms with Gasteiger partial charge in [0.2, 0.25) is 12.7 Å². The zero-order valence-electron chi connectivity index (χ0n) is 18.5. The van der Waals surface area contributed by atoms with Crippen molar-refractivity contribution in [1.29, 1.82) is 0 Å². The van der Waals surface area contributed by atoms with E-state index in [1.165, 1.54) is 5.69 Å². The number of carbonyl (C=O) groups is 1. The van der Waals surface area contributed by atoms with Crippen LogP contribution in [0.3, 0.4) is 0 Å². The molecule has 0 spiro atoms. The van der Waals surface area contributed by atoms with Crippen LogP contribution in [-0.4, -0.2) is 57.4 Å². The Morgan fingerprint density at radius 2 is 1.74 bits per heavy atom. The van der Waals surface area contributed by atoms with Crippen molar-refractivity contribution in [2.75, 3.05) is 51.5 Å². The quantitative estimate of drug-likeness (QED) is 0.736. The third-order valence-electron chi connectivity index (χ3n) is 5.97. The number of anilines is 1. The lowest BCUT2D eigenvalue weighted by Gasteiger charge is -2.40. The highest BCUT2D eigenvalue weighted by Crippen LogP contribution is 2.36. The molecule has 7 nitrogen and oxygen atoms in total. The van der Waals surface area contributed by atoms with Crippen LogP contribution in [0.4, 0.5) is 5.69 Å². The number of carbonyl (C=O) groups excluding carboxylic acids is 1. The molecule has 4 rings (SSSR count). The molecule has 2 aliphatic rings. The lowest BCUT2D eigenvalue weighted by atomic mass is 10.0. The Kier molecular flexibility index (Phi) is 6.51. The van der Waals surface area contributed by atoms with Crippen LogP contribution >= 0.6 is 0 Å². The summed E-state index contributed by atoms with van der Waals surface area (Å²) in [6, 6.07) is 14.4. The molecule has 2 aliphatic heterocycles. The maximum Gasteiger partial charge on any atom is 0.231 e. The summed E-state index contributed by atoms with van der Waals surface area (Å²) in [6.45, 7) is 8.31. The lowest BCUT2D eigenvalue weighted by molar-refractivity contribution is -0.124. The maximum atomic E-state index is 12.2. The molecular formula is C24H31N3O4. The molecule has 0 radical (unpaired) electrons. The minimum Gasteiger partial charge on any atom is -0.497 e. The van der Waals surface area contributed by atoms with E-state index in [1.807, 2.05) is 38.1 Å². The van der Waals surface area contributed by atoms with Gasteiger partial charge in [-0.15, -0.1) is 0 Å². The number of rotatable bonds is 7. The minimum atomic E-state index is -0.0377. The smallest absolute Gasteiger partial charge is 0.231 e. The van der Waals surface area contributed by atoms with E-state index in [0.29, 0.717) is 6.54 Å². The molecule has 166 valence electrons. The van der Waals surface area contributed by atoms with Crippen LogP contribution in [0.2, 0.25) is 0 Å². The number of hydrogen-bond donors (Lipinski definition) is 1. The van der Waals surface area contributed by atoms with Gasteiger partial charge in [0.1, 0.15) is 5.75 Å². The minimum absolute atomic E-state index is 0.0377. The van der Waals surface area contributed by atoms with Gasteiger partial charge in [-0.05, 0) is 42.0 Å². The summed E-state index contributed by atoms with van der Waals surface area (Å²) in [5.41, 5.74) is 2.33. The largest absolute Gasteiger partial charge is 0.497 e. The number of piperazine rings is 1. The van der Waals surface area contributed by atoms with Gasteiger partial charge in [0.05, 0.1) is 13.2 Å². The molecule has 0 bridgehead atoms. The zero-order valence-corrected chi connectivity index (χ0v) is 18.5. The Balaban J connectivity index is 1.47. The fourth-order valence-corrected chi connectivity index (χ4v) is 4.06. The summed E-state index contributed by atoms with van der Waals surface area (Å²) in [5.74, 6) is 2.45. The fraction of sp³-hybridized carbons (Fsp3) is 0.458. The highest BCUT2D eigenvalue weighted by molar-refractivity contribution is 5.77. The second-order valence-electron chi connectivity index (χ2n) is 8.25. The molecule has 2 heterocycles. The molecule has 2 aromatic rings. The number of nitrogens with one attached hydrogen (secondary N) is 1. The van der Waals surface area contributed by atoms with Gasteiger partial charge in [0.15, 0.2) is 11.5 Å². The SMILES string of the molecule is COc1ccc(N2CCN([C@H](CNC(=O)C(C)C)c3ccc4c(c3)OCO4)CC2)cc1. The Labute approximate surface area is 183 Å². The Morgan fingerprint density at radius 1 is 1.03 bits per heavy atom. The molecule has 1 amide bonds. The topological polar surface area (TPSA) is 63.3 Å². The molecule has 2 aromatic carbocycles. The molecule has 0 unspecified atom stereocenters. The number of benzene rings is 2. The van der Waals surface area contributed by atoms with Gasteiger partial charge < -0.3 is 24.4 Å². The van der Waals surface area contributed by atoms with Crippen LogP contribution in [0, 0.1) is 5.92 Å². The summed E-state index contributed by atoms with van der Waals surface area (Å²) in [5, 5.41) is 3.12. The van der Waals surface area contributed by atoms with Gasteiger partial charge >= 0.3 is 0 Å². The van der Waals surface area contributed by atoms with E-state index in [2.05, 4.69) is 33.3 Å². The normalized spacial score (nSPS) is 17.0. The first-order valence-electron chi connectivity index (χ1n) is 10.9. The predicted octanol–water partition coefficient (Wildman–Crippen LogP) is 3.06. The van der Waals surface area contributed by atoms with E-state index in [-0.39, 0.29) is 24.7 Å². The van der Waals surface area contributed by atoms with Gasteiger partial charge in [-0.2, -0.15) is 0 Å². The average Bonchev–Trinajstić information content (AvgIpc) is 3.27. The van der Waals surface area contributed by atoms with Gasteiger partial charge in [-0.3, -0.25) is 9.69 Å². The lowest BCUT2D eigenvalue weighted by Crippen LogP contribution is -2.50. The Bertz CT molecular complexity index is 892. The van der Waals surface area contributed by atoms with Crippen LogP contribution in [-0.2, 0) is 4.79 Å². The first-order chi connectivity index (χ1) is 15.0. The van der Waals surface area contributed by atoms with Crippen LogP contribution in [0.5, 0.6) is 17.2 Å². The Morgan fingerprint density at radius 3 is 2.42 bits per heavy atom. The summed E-state index contributed by atoms with van der Waals surface area (Å²) in [7, 11) is 1.68. The van der Waals surface area contributed by atoms with Crippen LogP contribution in [0.25, 0.3) is 0 Å². The van der Waals surface area contributed by atoms with Crippen LogP contribution < -0.4 is 24.4 Å². The van der Waals surface area contributed by atoms with E-state index < -0.39 is 0 Å². The second kappa shape index (κ2) is 9.47. The van der Waals surface area contributed by atoms with Crippen molar-refractivity contribution in [2.45, 2.75) is 19.9 Å². The maximum absolute atomic E-state index is 12.2. The van der Waals surface area contributed by atoms with Crippen molar-refractivity contribution >= 4 is 11.6 Å². The Hall–Kier alpha value is -2.93. The molecule has 1 saturated heterocycles. The van der Waals surface area contributed by atoms with Crippen molar-refractivity contribution in [2.24, 2.45) is 5.92 Å². The van der Waals surface area contributed by atoms with E-state index in [4.69, 9.17) is 14.2 Å². The molecular weight excluding hydrogens is 394 g/mol. The molecule has 7 heteroatoms. The van der Waals surface area contributed by atoms with E-state index >= 15 is 0 Å².